The molecule has 2 aromatic rings. The number of aromatic carboxylic acids is 1. The Morgan fingerprint density at radius 1 is 1.20 bits per heavy atom. The molecule has 25 heavy (non-hydrogen) atoms. The van der Waals surface area contributed by atoms with Crippen LogP contribution in [0.15, 0.2) is 48.7 Å². The Balaban J connectivity index is 1.95. The van der Waals surface area contributed by atoms with Gasteiger partial charge in [-0.3, -0.25) is 4.98 Å². The number of carboxylic acids is 1. The number of nitrogens with zero attached hydrogens (tertiary/aromatic N) is 2. The van der Waals surface area contributed by atoms with Crippen LogP contribution in [0.3, 0.4) is 0 Å². The van der Waals surface area contributed by atoms with E-state index in [1.54, 1.807) is 30.3 Å². The molecule has 0 saturated carbocycles. The highest BCUT2D eigenvalue weighted by molar-refractivity contribution is 5.87. The van der Waals surface area contributed by atoms with Gasteiger partial charge in [0.2, 0.25) is 0 Å². The zero-order valence-electron chi connectivity index (χ0n) is 14.0. The number of aromatic nitrogens is 1. The summed E-state index contributed by atoms with van der Waals surface area (Å²) in [5.74, 6) is -0.975. The molecule has 0 saturated heterocycles. The fraction of sp³-hybridized carbons (Fsp3) is 0.278. The summed E-state index contributed by atoms with van der Waals surface area (Å²) in [4.78, 5) is 29.1. The Bertz CT molecular complexity index is 689. The fourth-order valence-electron chi connectivity index (χ4n) is 2.20. The summed E-state index contributed by atoms with van der Waals surface area (Å²) in [7, 11) is 1.58. The zero-order chi connectivity index (χ0) is 18.1. The number of pyridine rings is 1. The third-order valence-electron chi connectivity index (χ3n) is 3.58. The molecule has 0 atom stereocenters. The molecule has 0 aliphatic rings. The normalized spacial score (nSPS) is 10.3. The number of nitrogens with one attached hydrogen (secondary N) is 1. The van der Waals surface area contributed by atoms with E-state index in [0.717, 1.165) is 11.3 Å². The summed E-state index contributed by atoms with van der Waals surface area (Å²) in [6.45, 7) is 1.56. The average Bonchev–Trinajstić information content (AvgIpc) is 2.64. The van der Waals surface area contributed by atoms with Crippen LogP contribution in [0.5, 0.6) is 0 Å². The number of hydrogen-bond donors (Lipinski definition) is 2. The Kier molecular flexibility index (Phi) is 6.91. The minimum Gasteiger partial charge on any atom is -0.478 e. The summed E-state index contributed by atoms with van der Waals surface area (Å²) < 4.78 is 5.06. The minimum absolute atomic E-state index is 0.215. The lowest BCUT2D eigenvalue weighted by Crippen LogP contribution is -2.41. The van der Waals surface area contributed by atoms with Gasteiger partial charge in [0.25, 0.3) is 0 Å². The second-order valence-electron chi connectivity index (χ2n) is 5.40. The molecule has 0 fully saturated rings. The maximum absolute atomic E-state index is 12.4. The maximum atomic E-state index is 12.4. The van der Waals surface area contributed by atoms with Gasteiger partial charge in [-0.1, -0.05) is 18.2 Å². The van der Waals surface area contributed by atoms with Crippen LogP contribution in [0.4, 0.5) is 4.79 Å². The van der Waals surface area contributed by atoms with Crippen LogP contribution < -0.4 is 5.32 Å². The number of carbonyl (C=O) groups excluding carboxylic acids is 1. The second-order valence-corrected chi connectivity index (χ2v) is 5.40. The molecule has 1 aromatic heterocycles. The number of carbonyl (C=O) groups is 2. The molecule has 2 rings (SSSR count). The van der Waals surface area contributed by atoms with Crippen molar-refractivity contribution in [3.63, 3.8) is 0 Å². The van der Waals surface area contributed by atoms with E-state index in [2.05, 4.69) is 10.3 Å². The van der Waals surface area contributed by atoms with E-state index in [-0.39, 0.29) is 11.6 Å². The van der Waals surface area contributed by atoms with E-state index < -0.39 is 5.97 Å². The zero-order valence-corrected chi connectivity index (χ0v) is 14.0. The average molecular weight is 343 g/mol. The predicted octanol–water partition coefficient (Wildman–Crippen LogP) is 2.14. The van der Waals surface area contributed by atoms with Crippen molar-refractivity contribution in [2.45, 2.75) is 13.1 Å². The van der Waals surface area contributed by atoms with Gasteiger partial charge in [-0.05, 0) is 29.8 Å². The first-order chi connectivity index (χ1) is 12.1. The van der Waals surface area contributed by atoms with Gasteiger partial charge < -0.3 is 20.1 Å². The van der Waals surface area contributed by atoms with E-state index in [1.165, 1.54) is 12.1 Å². The second kappa shape index (κ2) is 9.39. The van der Waals surface area contributed by atoms with Crippen LogP contribution in [0, 0.1) is 0 Å². The lowest BCUT2D eigenvalue weighted by Gasteiger charge is -2.22. The lowest BCUT2D eigenvalue weighted by atomic mass is 10.1. The largest absolute Gasteiger partial charge is 0.478 e. The van der Waals surface area contributed by atoms with Crippen molar-refractivity contribution >= 4 is 12.0 Å². The summed E-state index contributed by atoms with van der Waals surface area (Å²) in [5.41, 5.74) is 1.83. The van der Waals surface area contributed by atoms with E-state index in [9.17, 15) is 9.59 Å². The molecule has 1 aromatic carbocycles. The maximum Gasteiger partial charge on any atom is 0.335 e. The molecule has 2 amide bonds. The Labute approximate surface area is 146 Å². The highest BCUT2D eigenvalue weighted by Gasteiger charge is 2.14. The molecule has 0 spiro atoms. The first-order valence-electron chi connectivity index (χ1n) is 7.84. The number of amides is 2. The van der Waals surface area contributed by atoms with Gasteiger partial charge in [0.05, 0.1) is 24.4 Å². The topological polar surface area (TPSA) is 91.8 Å². The first kappa shape index (κ1) is 18.4. The molecular formula is C18H21N3O4. The van der Waals surface area contributed by atoms with Crippen LogP contribution >= 0.6 is 0 Å². The van der Waals surface area contributed by atoms with Crippen molar-refractivity contribution in [3.8, 4) is 0 Å². The van der Waals surface area contributed by atoms with Crippen LogP contribution in [-0.2, 0) is 17.8 Å². The summed E-state index contributed by atoms with van der Waals surface area (Å²) >= 11 is 0. The minimum atomic E-state index is -0.975. The molecule has 132 valence electrons. The van der Waals surface area contributed by atoms with Gasteiger partial charge in [-0.25, -0.2) is 9.59 Å². The number of benzene rings is 1. The Morgan fingerprint density at radius 3 is 2.56 bits per heavy atom. The van der Waals surface area contributed by atoms with Crippen molar-refractivity contribution in [1.82, 2.24) is 15.2 Å². The van der Waals surface area contributed by atoms with Gasteiger partial charge in [-0.2, -0.15) is 0 Å². The molecule has 2 N–H and O–H groups in total. The first-order valence-corrected chi connectivity index (χ1v) is 7.84. The van der Waals surface area contributed by atoms with E-state index in [1.807, 2.05) is 18.2 Å². The van der Waals surface area contributed by atoms with Crippen molar-refractivity contribution in [2.75, 3.05) is 20.3 Å². The Hall–Kier alpha value is -2.93. The molecule has 0 aliphatic carbocycles. The summed E-state index contributed by atoms with van der Waals surface area (Å²) in [6.07, 6.45) is 1.69. The molecule has 7 heteroatoms. The molecule has 0 unspecified atom stereocenters. The quantitative estimate of drug-likeness (QED) is 0.766. The SMILES string of the molecule is COCCN(Cc1ccccn1)C(=O)NCc1ccc(C(=O)O)cc1. The highest BCUT2D eigenvalue weighted by Crippen LogP contribution is 2.06. The summed E-state index contributed by atoms with van der Waals surface area (Å²) in [6, 6.07) is 11.7. The number of carboxylic acid groups (broad SMARTS) is 1. The van der Waals surface area contributed by atoms with Crippen LogP contribution in [0.25, 0.3) is 0 Å². The van der Waals surface area contributed by atoms with Crippen LogP contribution in [0.2, 0.25) is 0 Å². The number of rotatable bonds is 8. The lowest BCUT2D eigenvalue weighted by molar-refractivity contribution is 0.0697. The summed E-state index contributed by atoms with van der Waals surface area (Å²) in [5, 5.41) is 11.7. The number of methoxy groups -OCH3 is 1. The molecular weight excluding hydrogens is 322 g/mol. The van der Waals surface area contributed by atoms with Gasteiger partial charge in [-0.15, -0.1) is 0 Å². The molecule has 1 heterocycles. The third-order valence-corrected chi connectivity index (χ3v) is 3.58. The van der Waals surface area contributed by atoms with Crippen LogP contribution in [-0.4, -0.2) is 47.3 Å². The third kappa shape index (κ3) is 5.89. The fourth-order valence-corrected chi connectivity index (χ4v) is 2.20. The smallest absolute Gasteiger partial charge is 0.335 e. The van der Waals surface area contributed by atoms with Crippen molar-refractivity contribution in [3.05, 3.63) is 65.5 Å². The van der Waals surface area contributed by atoms with E-state index in [4.69, 9.17) is 9.84 Å². The van der Waals surface area contributed by atoms with E-state index >= 15 is 0 Å². The predicted molar refractivity (Wildman–Crippen MR) is 92.2 cm³/mol. The molecule has 0 radical (unpaired) electrons. The number of urea groups is 1. The van der Waals surface area contributed by atoms with Gasteiger partial charge in [0.1, 0.15) is 0 Å². The van der Waals surface area contributed by atoms with Gasteiger partial charge in [0, 0.05) is 26.4 Å². The Morgan fingerprint density at radius 2 is 1.96 bits per heavy atom. The van der Waals surface area contributed by atoms with Crippen molar-refractivity contribution in [1.29, 1.82) is 0 Å². The van der Waals surface area contributed by atoms with Gasteiger partial charge in [0.15, 0.2) is 0 Å². The highest BCUT2D eigenvalue weighted by atomic mass is 16.5. The molecule has 0 bridgehead atoms. The molecule has 0 aliphatic heterocycles. The molecule has 7 nitrogen and oxygen atoms in total. The van der Waals surface area contributed by atoms with E-state index in [0.29, 0.717) is 26.2 Å². The van der Waals surface area contributed by atoms with Gasteiger partial charge >= 0.3 is 12.0 Å². The van der Waals surface area contributed by atoms with Crippen molar-refractivity contribution in [2.24, 2.45) is 0 Å². The standard InChI is InChI=1S/C18H21N3O4/c1-25-11-10-21(13-16-4-2-3-9-19-16)18(24)20-12-14-5-7-15(8-6-14)17(22)23/h2-9H,10-13H2,1H3,(H,20,24)(H,22,23). The van der Waals surface area contributed by atoms with Crippen molar-refractivity contribution < 1.29 is 19.4 Å². The number of ether oxygens (including phenoxy) is 1. The number of hydrogen-bond acceptors (Lipinski definition) is 4. The monoisotopic (exact) mass is 343 g/mol. The van der Waals surface area contributed by atoms with Crippen LogP contribution in [0.1, 0.15) is 21.6 Å².